The molecule has 3 amide bonds. The molecular formula is C20H22N4O3. The van der Waals surface area contributed by atoms with Gasteiger partial charge in [-0.05, 0) is 35.6 Å². The highest BCUT2D eigenvalue weighted by molar-refractivity contribution is 6.09. The van der Waals surface area contributed by atoms with Crippen molar-refractivity contribution in [3.05, 3.63) is 59.8 Å². The van der Waals surface area contributed by atoms with Crippen molar-refractivity contribution in [1.29, 1.82) is 0 Å². The molecule has 3 atom stereocenters. The molecule has 1 saturated heterocycles. The molecule has 0 spiro atoms. The average Bonchev–Trinajstić information content (AvgIpc) is 2.64. The predicted molar refractivity (Wildman–Crippen MR) is 100 cm³/mol. The van der Waals surface area contributed by atoms with Gasteiger partial charge in [0.2, 0.25) is 17.7 Å². The van der Waals surface area contributed by atoms with E-state index >= 15 is 0 Å². The Hall–Kier alpha value is -3.22. The van der Waals surface area contributed by atoms with Crippen LogP contribution in [-0.4, -0.2) is 33.6 Å². The molecule has 1 aliphatic rings. The van der Waals surface area contributed by atoms with E-state index in [0.717, 1.165) is 16.0 Å². The Bertz CT molecular complexity index is 869. The number of carbonyl (C=O) groups excluding carboxylic acids is 3. The predicted octanol–water partition coefficient (Wildman–Crippen LogP) is 1.24. The van der Waals surface area contributed by atoms with E-state index in [-0.39, 0.29) is 30.6 Å². The number of hydrogen-bond donors (Lipinski definition) is 2. The number of nitrogens with zero attached hydrogens (tertiary/aromatic N) is 2. The van der Waals surface area contributed by atoms with Crippen molar-refractivity contribution >= 4 is 23.5 Å². The van der Waals surface area contributed by atoms with Crippen LogP contribution < -0.4 is 11.5 Å². The van der Waals surface area contributed by atoms with Gasteiger partial charge in [-0.25, -0.2) is 4.98 Å². The second kappa shape index (κ2) is 7.57. The molecule has 1 fully saturated rings. The molecule has 0 saturated carbocycles. The van der Waals surface area contributed by atoms with Gasteiger partial charge in [0.1, 0.15) is 11.9 Å². The van der Waals surface area contributed by atoms with E-state index in [9.17, 15) is 14.4 Å². The van der Waals surface area contributed by atoms with E-state index in [1.54, 1.807) is 12.1 Å². The van der Waals surface area contributed by atoms with Crippen molar-refractivity contribution in [2.75, 3.05) is 5.73 Å². The van der Waals surface area contributed by atoms with Crippen LogP contribution in [0.25, 0.3) is 0 Å². The van der Waals surface area contributed by atoms with Crippen LogP contribution in [0.1, 0.15) is 30.4 Å². The Balaban J connectivity index is 1.71. The number of primary amides is 1. The molecule has 1 aliphatic heterocycles. The van der Waals surface area contributed by atoms with Crippen molar-refractivity contribution in [2.45, 2.75) is 31.7 Å². The Morgan fingerprint density at radius 2 is 1.93 bits per heavy atom. The second-order valence-electron chi connectivity index (χ2n) is 6.86. The number of pyridine rings is 1. The first-order valence-corrected chi connectivity index (χ1v) is 8.79. The van der Waals surface area contributed by atoms with Gasteiger partial charge in [-0.2, -0.15) is 0 Å². The quantitative estimate of drug-likeness (QED) is 0.746. The number of nitrogen functional groups attached to an aromatic ring is 1. The van der Waals surface area contributed by atoms with E-state index < -0.39 is 17.9 Å². The van der Waals surface area contributed by atoms with E-state index in [2.05, 4.69) is 4.98 Å². The minimum Gasteiger partial charge on any atom is -0.384 e. The lowest BCUT2D eigenvalue weighted by atomic mass is 9.81. The van der Waals surface area contributed by atoms with Gasteiger partial charge in [-0.1, -0.05) is 37.3 Å². The monoisotopic (exact) mass is 366 g/mol. The largest absolute Gasteiger partial charge is 0.384 e. The summed E-state index contributed by atoms with van der Waals surface area (Å²) in [7, 11) is 0. The number of anilines is 1. The Morgan fingerprint density at radius 3 is 2.56 bits per heavy atom. The molecule has 7 heteroatoms. The minimum atomic E-state index is -0.928. The number of nitrogens with two attached hydrogens (primary N) is 2. The van der Waals surface area contributed by atoms with Crippen LogP contribution in [0.4, 0.5) is 5.82 Å². The van der Waals surface area contributed by atoms with Crippen molar-refractivity contribution in [3.63, 3.8) is 0 Å². The Kier molecular flexibility index (Phi) is 5.21. The zero-order chi connectivity index (χ0) is 19.6. The van der Waals surface area contributed by atoms with E-state index in [1.165, 1.54) is 6.20 Å². The average molecular weight is 366 g/mol. The van der Waals surface area contributed by atoms with Crippen LogP contribution in [0, 0.1) is 5.92 Å². The lowest BCUT2D eigenvalue weighted by Crippen LogP contribution is -2.68. The first-order chi connectivity index (χ1) is 12.9. The highest BCUT2D eigenvalue weighted by atomic mass is 16.2. The highest BCUT2D eigenvalue weighted by Crippen LogP contribution is 2.32. The molecule has 27 heavy (non-hydrogen) atoms. The lowest BCUT2D eigenvalue weighted by Gasteiger charge is -2.44. The normalized spacial score (nSPS) is 20.0. The molecule has 1 aromatic heterocycles. The van der Waals surface area contributed by atoms with Crippen molar-refractivity contribution < 1.29 is 14.4 Å². The van der Waals surface area contributed by atoms with E-state index in [0.29, 0.717) is 5.82 Å². The molecule has 2 heterocycles. The Morgan fingerprint density at radius 1 is 1.22 bits per heavy atom. The number of likely N-dealkylation sites (tertiary alicyclic amines) is 1. The maximum absolute atomic E-state index is 12.7. The van der Waals surface area contributed by atoms with Crippen molar-refractivity contribution in [2.24, 2.45) is 11.7 Å². The molecule has 2 aromatic rings. The van der Waals surface area contributed by atoms with Crippen molar-refractivity contribution in [3.8, 4) is 0 Å². The highest BCUT2D eigenvalue weighted by Gasteiger charge is 2.53. The molecule has 0 unspecified atom stereocenters. The molecule has 0 bridgehead atoms. The summed E-state index contributed by atoms with van der Waals surface area (Å²) in [4.78, 5) is 42.1. The van der Waals surface area contributed by atoms with Gasteiger partial charge in [0, 0.05) is 12.6 Å². The zero-order valence-electron chi connectivity index (χ0n) is 15.0. The number of benzene rings is 1. The third kappa shape index (κ3) is 3.81. The fourth-order valence-electron chi connectivity index (χ4n) is 3.49. The second-order valence-corrected chi connectivity index (χ2v) is 6.86. The lowest BCUT2D eigenvalue weighted by molar-refractivity contribution is -0.170. The fraction of sp³-hybridized carbons (Fsp3) is 0.300. The molecule has 0 aliphatic carbocycles. The van der Waals surface area contributed by atoms with Crippen LogP contribution >= 0.6 is 0 Å². The van der Waals surface area contributed by atoms with Gasteiger partial charge >= 0.3 is 0 Å². The summed E-state index contributed by atoms with van der Waals surface area (Å²) in [6.07, 6.45) is 1.96. The van der Waals surface area contributed by atoms with Crippen LogP contribution in [0.2, 0.25) is 0 Å². The third-order valence-corrected chi connectivity index (χ3v) is 4.92. The molecule has 140 valence electrons. The van der Waals surface area contributed by atoms with E-state index in [1.807, 2.05) is 37.3 Å². The first kappa shape index (κ1) is 18.6. The first-order valence-electron chi connectivity index (χ1n) is 8.79. The number of rotatable bonds is 6. The van der Waals surface area contributed by atoms with Gasteiger partial charge in [-0.15, -0.1) is 0 Å². The molecule has 7 nitrogen and oxygen atoms in total. The third-order valence-electron chi connectivity index (χ3n) is 4.92. The van der Waals surface area contributed by atoms with E-state index in [4.69, 9.17) is 11.5 Å². The molecule has 3 rings (SSSR count). The van der Waals surface area contributed by atoms with Gasteiger partial charge in [-0.3, -0.25) is 19.3 Å². The number of imide groups is 1. The summed E-state index contributed by atoms with van der Waals surface area (Å²) in [6, 6.07) is 12.0. The van der Waals surface area contributed by atoms with Gasteiger partial charge in [0.15, 0.2) is 0 Å². The van der Waals surface area contributed by atoms with Crippen LogP contribution in [-0.2, 0) is 20.8 Å². The fourth-order valence-corrected chi connectivity index (χ4v) is 3.49. The number of hydrogen-bond acceptors (Lipinski definition) is 5. The summed E-state index contributed by atoms with van der Waals surface area (Å²) in [5.41, 5.74) is 12.9. The van der Waals surface area contributed by atoms with Crippen LogP contribution in [0.3, 0.4) is 0 Å². The van der Waals surface area contributed by atoms with Crippen LogP contribution in [0.15, 0.2) is 48.7 Å². The van der Waals surface area contributed by atoms with Gasteiger partial charge in [0.25, 0.3) is 0 Å². The molecule has 1 aromatic carbocycles. The number of carbonyl (C=O) groups is 3. The smallest absolute Gasteiger partial charge is 0.241 e. The zero-order valence-corrected chi connectivity index (χ0v) is 15.0. The number of amides is 3. The maximum atomic E-state index is 12.7. The summed E-state index contributed by atoms with van der Waals surface area (Å²) in [6.45, 7) is 1.91. The van der Waals surface area contributed by atoms with Crippen LogP contribution in [0.5, 0.6) is 0 Å². The summed E-state index contributed by atoms with van der Waals surface area (Å²) < 4.78 is 0. The van der Waals surface area contributed by atoms with Gasteiger partial charge < -0.3 is 11.5 Å². The molecular weight excluding hydrogens is 344 g/mol. The summed E-state index contributed by atoms with van der Waals surface area (Å²) in [5, 5.41) is 0. The van der Waals surface area contributed by atoms with Crippen molar-refractivity contribution in [1.82, 2.24) is 9.88 Å². The molecule has 4 N–H and O–H groups in total. The molecule has 0 radical (unpaired) electrons. The number of aromatic nitrogens is 1. The van der Waals surface area contributed by atoms with Gasteiger partial charge in [0.05, 0.1) is 5.92 Å². The summed E-state index contributed by atoms with van der Waals surface area (Å²) >= 11 is 0. The topological polar surface area (TPSA) is 119 Å². The SMILES string of the molecule is C[C@@H](CC(=O)N1C(=O)[C@H](Cc2ccnc(N)c2)[C@H]1C(N)=O)c1ccccc1. The summed E-state index contributed by atoms with van der Waals surface area (Å²) in [5.74, 6) is -1.83. The number of β-lactam (4-membered cyclic amide) rings is 1. The maximum Gasteiger partial charge on any atom is 0.241 e. The standard InChI is InChI=1S/C20H22N4O3/c1-12(14-5-3-2-4-6-14)9-17(25)24-18(19(22)26)15(20(24)27)10-13-7-8-23-16(21)11-13/h2-8,11-12,15,18H,9-10H2,1H3,(H2,21,23)(H2,22,26)/t12-,15+,18-/m0/s1. The Labute approximate surface area is 157 Å². The minimum absolute atomic E-state index is 0.0703.